The first-order valence-corrected chi connectivity index (χ1v) is 7.95. The summed E-state index contributed by atoms with van der Waals surface area (Å²) in [4.78, 5) is 0. The van der Waals surface area contributed by atoms with Crippen LogP contribution in [0.1, 0.15) is 31.4 Å². The topological polar surface area (TPSA) is 35.2 Å². The fraction of sp³-hybridized carbons (Fsp3) is 0.538. The summed E-state index contributed by atoms with van der Waals surface area (Å²) in [5, 5.41) is 0. The minimum atomic E-state index is 0.114. The summed E-state index contributed by atoms with van der Waals surface area (Å²) in [7, 11) is 0. The van der Waals surface area contributed by atoms with Gasteiger partial charge in [-0.1, -0.05) is 28.9 Å². The number of thioether (sulfide) groups is 1. The van der Waals surface area contributed by atoms with E-state index >= 15 is 0 Å². The van der Waals surface area contributed by atoms with E-state index in [9.17, 15) is 0 Å². The quantitative estimate of drug-likeness (QED) is 0.860. The van der Waals surface area contributed by atoms with E-state index in [1.807, 2.05) is 23.9 Å². The van der Waals surface area contributed by atoms with Gasteiger partial charge in [-0.05, 0) is 30.1 Å². The molecular weight excluding hydrogens is 298 g/mol. The summed E-state index contributed by atoms with van der Waals surface area (Å²) < 4.78 is 7.05. The van der Waals surface area contributed by atoms with Crippen LogP contribution in [0.15, 0.2) is 22.7 Å². The second-order valence-electron chi connectivity index (χ2n) is 4.25. The van der Waals surface area contributed by atoms with Crippen LogP contribution in [0.2, 0.25) is 0 Å². The molecule has 1 aliphatic heterocycles. The molecule has 0 saturated carbocycles. The lowest BCUT2D eigenvalue weighted by atomic mass is 9.96. The zero-order valence-electron chi connectivity index (χ0n) is 9.99. The van der Waals surface area contributed by atoms with Crippen molar-refractivity contribution in [3.8, 4) is 5.75 Å². The van der Waals surface area contributed by atoms with Crippen LogP contribution in [-0.4, -0.2) is 17.6 Å². The molecule has 1 aromatic carbocycles. The van der Waals surface area contributed by atoms with E-state index in [1.165, 1.54) is 5.75 Å². The standard InChI is InChI=1S/C13H18BrNOS/c1-2-17-6-5-10-8-12(15)11-4-3-9(14)7-13(11)16-10/h3-4,7,10,12H,2,5-6,8,15H2,1H3/t10?,12-/m1/s1. The fourth-order valence-corrected chi connectivity index (χ4v) is 3.15. The van der Waals surface area contributed by atoms with Crippen molar-refractivity contribution in [2.45, 2.75) is 31.9 Å². The Balaban J connectivity index is 2.04. The zero-order valence-corrected chi connectivity index (χ0v) is 12.4. The van der Waals surface area contributed by atoms with Gasteiger partial charge in [0.05, 0.1) is 0 Å². The molecule has 0 aromatic heterocycles. The van der Waals surface area contributed by atoms with Crippen LogP contribution in [0.4, 0.5) is 0 Å². The molecule has 2 N–H and O–H groups in total. The third-order valence-corrected chi connectivity index (χ3v) is 4.40. The first kappa shape index (κ1) is 13.2. The lowest BCUT2D eigenvalue weighted by Gasteiger charge is -2.30. The largest absolute Gasteiger partial charge is 0.490 e. The number of rotatable bonds is 4. The van der Waals surface area contributed by atoms with Crippen LogP contribution in [0.3, 0.4) is 0 Å². The molecule has 0 spiro atoms. The molecule has 94 valence electrons. The van der Waals surface area contributed by atoms with Crippen molar-refractivity contribution in [3.05, 3.63) is 28.2 Å². The van der Waals surface area contributed by atoms with Gasteiger partial charge >= 0.3 is 0 Å². The van der Waals surface area contributed by atoms with E-state index in [1.54, 1.807) is 0 Å². The molecule has 0 fully saturated rings. The maximum atomic E-state index is 6.19. The average molecular weight is 316 g/mol. The molecule has 0 aliphatic carbocycles. The van der Waals surface area contributed by atoms with Crippen molar-refractivity contribution in [1.82, 2.24) is 0 Å². The molecule has 1 aliphatic rings. The minimum Gasteiger partial charge on any atom is -0.490 e. The normalized spacial score (nSPS) is 23.0. The van der Waals surface area contributed by atoms with Crippen molar-refractivity contribution in [2.75, 3.05) is 11.5 Å². The van der Waals surface area contributed by atoms with Crippen molar-refractivity contribution in [2.24, 2.45) is 5.73 Å². The Morgan fingerprint density at radius 3 is 3.12 bits per heavy atom. The maximum absolute atomic E-state index is 6.19. The summed E-state index contributed by atoms with van der Waals surface area (Å²) in [6.07, 6.45) is 2.28. The number of nitrogens with two attached hydrogens (primary N) is 1. The van der Waals surface area contributed by atoms with E-state index in [4.69, 9.17) is 10.5 Å². The highest BCUT2D eigenvalue weighted by Gasteiger charge is 2.25. The Kier molecular flexibility index (Phi) is 4.77. The Bertz CT molecular complexity index is 386. The predicted molar refractivity (Wildman–Crippen MR) is 77.7 cm³/mol. The Labute approximate surface area is 115 Å². The zero-order chi connectivity index (χ0) is 12.3. The van der Waals surface area contributed by atoms with Gasteiger partial charge in [-0.3, -0.25) is 0 Å². The smallest absolute Gasteiger partial charge is 0.125 e. The number of hydrogen-bond acceptors (Lipinski definition) is 3. The lowest BCUT2D eigenvalue weighted by Crippen LogP contribution is -2.30. The molecule has 2 rings (SSSR count). The second kappa shape index (κ2) is 6.12. The SMILES string of the molecule is CCSCCC1C[C@@H](N)c2ccc(Br)cc2O1. The first-order valence-electron chi connectivity index (χ1n) is 6.00. The highest BCUT2D eigenvalue weighted by atomic mass is 79.9. The fourth-order valence-electron chi connectivity index (χ4n) is 2.09. The molecule has 2 nitrogen and oxygen atoms in total. The van der Waals surface area contributed by atoms with Crippen LogP contribution >= 0.6 is 27.7 Å². The molecule has 0 saturated heterocycles. The molecule has 2 atom stereocenters. The Hall–Kier alpha value is -0.190. The monoisotopic (exact) mass is 315 g/mol. The van der Waals surface area contributed by atoms with Gasteiger partial charge in [0.2, 0.25) is 0 Å². The van der Waals surface area contributed by atoms with E-state index in [0.29, 0.717) is 0 Å². The molecule has 1 heterocycles. The van der Waals surface area contributed by atoms with Crippen LogP contribution < -0.4 is 10.5 Å². The predicted octanol–water partition coefficient (Wildman–Crippen LogP) is 3.74. The number of benzene rings is 1. The van der Waals surface area contributed by atoms with Gasteiger partial charge in [0, 0.05) is 22.5 Å². The second-order valence-corrected chi connectivity index (χ2v) is 6.56. The molecule has 0 bridgehead atoms. The molecule has 0 amide bonds. The van der Waals surface area contributed by atoms with Crippen molar-refractivity contribution >= 4 is 27.7 Å². The molecule has 4 heteroatoms. The van der Waals surface area contributed by atoms with Crippen molar-refractivity contribution in [3.63, 3.8) is 0 Å². The molecule has 1 aromatic rings. The van der Waals surface area contributed by atoms with Crippen LogP contribution in [0, 0.1) is 0 Å². The number of hydrogen-bond donors (Lipinski definition) is 1. The summed E-state index contributed by atoms with van der Waals surface area (Å²) in [6.45, 7) is 2.19. The molecule has 1 unspecified atom stereocenters. The van der Waals surface area contributed by atoms with Gasteiger partial charge in [-0.25, -0.2) is 0 Å². The summed E-state index contributed by atoms with van der Waals surface area (Å²) in [5.74, 6) is 3.27. The highest BCUT2D eigenvalue weighted by molar-refractivity contribution is 9.10. The van der Waals surface area contributed by atoms with Gasteiger partial charge in [-0.15, -0.1) is 0 Å². The summed E-state index contributed by atoms with van der Waals surface area (Å²) >= 11 is 5.43. The van der Waals surface area contributed by atoms with Crippen LogP contribution in [-0.2, 0) is 0 Å². The van der Waals surface area contributed by atoms with Gasteiger partial charge in [-0.2, -0.15) is 11.8 Å². The average Bonchev–Trinajstić information content (AvgIpc) is 2.28. The van der Waals surface area contributed by atoms with Gasteiger partial charge in [0.1, 0.15) is 11.9 Å². The Morgan fingerprint density at radius 2 is 2.35 bits per heavy atom. The number of fused-ring (bicyclic) bond motifs is 1. The summed E-state index contributed by atoms with van der Waals surface area (Å²) in [5.41, 5.74) is 7.32. The number of ether oxygens (including phenoxy) is 1. The third-order valence-electron chi connectivity index (χ3n) is 2.97. The van der Waals surface area contributed by atoms with Gasteiger partial charge in [0.25, 0.3) is 0 Å². The first-order chi connectivity index (χ1) is 8.20. The molecule has 0 radical (unpaired) electrons. The van der Waals surface area contributed by atoms with Gasteiger partial charge < -0.3 is 10.5 Å². The number of halogens is 1. The van der Waals surface area contributed by atoms with Crippen LogP contribution in [0.25, 0.3) is 0 Å². The Morgan fingerprint density at radius 1 is 1.53 bits per heavy atom. The van der Waals surface area contributed by atoms with Crippen LogP contribution in [0.5, 0.6) is 5.75 Å². The van der Waals surface area contributed by atoms with E-state index < -0.39 is 0 Å². The van der Waals surface area contributed by atoms with E-state index in [0.717, 1.165) is 34.4 Å². The third kappa shape index (κ3) is 3.39. The highest BCUT2D eigenvalue weighted by Crippen LogP contribution is 2.36. The molecule has 17 heavy (non-hydrogen) atoms. The molecular formula is C13H18BrNOS. The van der Waals surface area contributed by atoms with Crippen molar-refractivity contribution in [1.29, 1.82) is 0 Å². The maximum Gasteiger partial charge on any atom is 0.125 e. The van der Waals surface area contributed by atoms with Crippen molar-refractivity contribution < 1.29 is 4.74 Å². The van der Waals surface area contributed by atoms with E-state index in [-0.39, 0.29) is 12.1 Å². The van der Waals surface area contributed by atoms with Gasteiger partial charge in [0.15, 0.2) is 0 Å². The lowest BCUT2D eigenvalue weighted by molar-refractivity contribution is 0.156. The van der Waals surface area contributed by atoms with E-state index in [2.05, 4.69) is 28.9 Å². The summed E-state index contributed by atoms with van der Waals surface area (Å²) in [6, 6.07) is 6.22. The minimum absolute atomic E-state index is 0.114.